The van der Waals surface area contributed by atoms with Gasteiger partial charge in [0.2, 0.25) is 39.1 Å². The number of hydrogen-bond donors (Lipinski definition) is 3. The average molecular weight is 1010 g/mol. The van der Waals surface area contributed by atoms with Crippen LogP contribution in [0, 0.1) is 0 Å². The third-order valence-electron chi connectivity index (χ3n) is 12.4. The van der Waals surface area contributed by atoms with Gasteiger partial charge < -0.3 is 29.4 Å². The molecule has 362 valence electrons. The van der Waals surface area contributed by atoms with Crippen molar-refractivity contribution in [1.82, 2.24) is 37.2 Å². The molecule has 0 unspecified atom stereocenters. The van der Waals surface area contributed by atoms with Crippen LogP contribution in [0.2, 0.25) is 13.6 Å². The lowest BCUT2D eigenvalue weighted by Gasteiger charge is -2.43. The number of ether oxygens (including phenoxy) is 1. The van der Waals surface area contributed by atoms with E-state index in [1.807, 2.05) is 18.3 Å². The van der Waals surface area contributed by atoms with Gasteiger partial charge in [-0.25, -0.2) is 56.2 Å². The first-order chi connectivity index (χ1) is 30.1. The van der Waals surface area contributed by atoms with Crippen LogP contribution in [-0.4, -0.2) is 184 Å². The number of fused-ring (bicyclic) bond motifs is 2. The van der Waals surface area contributed by atoms with Gasteiger partial charge in [-0.15, -0.1) is 0 Å². The number of halogens is 1. The average Bonchev–Trinajstić information content (AvgIpc) is 3.98. The second-order valence-electron chi connectivity index (χ2n) is 17.0. The van der Waals surface area contributed by atoms with E-state index in [1.54, 1.807) is 56.5 Å². The van der Waals surface area contributed by atoms with E-state index in [0.29, 0.717) is 76.8 Å². The van der Waals surface area contributed by atoms with Gasteiger partial charge in [-0.05, 0) is 99.4 Å². The number of H-pyrrole nitrogens is 1. The summed E-state index contributed by atoms with van der Waals surface area (Å²) in [6.45, 7) is 8.80. The number of aromatic nitrogens is 4. The summed E-state index contributed by atoms with van der Waals surface area (Å²) in [7, 11) is -10.0. The monoisotopic (exact) mass is 1000 g/mol. The summed E-state index contributed by atoms with van der Waals surface area (Å²) in [5.41, 5.74) is 3.44. The van der Waals surface area contributed by atoms with E-state index >= 15 is 0 Å². The molecule has 0 amide bonds. The van der Waals surface area contributed by atoms with Gasteiger partial charge in [0.05, 0.1) is 23.0 Å². The van der Waals surface area contributed by atoms with Gasteiger partial charge in [-0.3, -0.25) is 0 Å². The molecule has 5 aliphatic rings. The molecule has 19 nitrogen and oxygen atoms in total. The van der Waals surface area contributed by atoms with Crippen LogP contribution in [-0.2, 0) is 43.9 Å². The first kappa shape index (κ1) is 53.3. The molecule has 0 spiro atoms. The molecular formula is C39H63B2ClN8O11S4. The fraction of sp³-hybridized carbons (Fsp3) is 0.641. The fourth-order valence-corrected chi connectivity index (χ4v) is 13.2. The minimum atomic E-state index is -3.48. The van der Waals surface area contributed by atoms with E-state index in [2.05, 4.69) is 31.7 Å². The zero-order valence-corrected chi connectivity index (χ0v) is 40.6. The van der Waals surface area contributed by atoms with Crippen LogP contribution in [0.4, 0.5) is 0 Å². The minimum Gasteiger partial charge on any atom is -0.437 e. The highest BCUT2D eigenvalue weighted by Gasteiger charge is 2.45. The molecule has 9 heterocycles. The SMILES string of the molecule is C.C1CCOC1.CB(O)N1CC(S(=O)(=O)N2CCC(c3c[nH]c4ncccc34)CC2)C1.CB(O)N1CC(S(=O)(=O)N2CCC(c3cn(S(C)(=O)=O)c4ncccc34)CC2)C1.CS(=O)(=O)Cl. The molecule has 9 rings (SSSR count). The number of sulfonamides is 2. The summed E-state index contributed by atoms with van der Waals surface area (Å²) < 4.78 is 104. The number of nitrogens with one attached hydrogen (secondary N) is 1. The molecule has 3 N–H and O–H groups in total. The Balaban J connectivity index is 0.000000200. The first-order valence-corrected chi connectivity index (χ1v) is 29.0. The Hall–Kier alpha value is -2.68. The van der Waals surface area contributed by atoms with Crippen molar-refractivity contribution in [2.24, 2.45) is 0 Å². The molecule has 0 bridgehead atoms. The maximum absolute atomic E-state index is 12.9. The zero-order chi connectivity index (χ0) is 46.6. The summed E-state index contributed by atoms with van der Waals surface area (Å²) in [6, 6.07) is 7.64. The van der Waals surface area contributed by atoms with Crippen LogP contribution in [0.5, 0.6) is 0 Å². The second kappa shape index (κ2) is 22.2. The molecule has 0 radical (unpaired) electrons. The Kier molecular flexibility index (Phi) is 18.2. The lowest BCUT2D eigenvalue weighted by molar-refractivity contribution is 0.198. The molecule has 0 aromatic carbocycles. The van der Waals surface area contributed by atoms with Crippen molar-refractivity contribution in [3.05, 3.63) is 60.2 Å². The molecule has 4 aromatic rings. The van der Waals surface area contributed by atoms with Gasteiger partial charge in [-0.2, -0.15) is 0 Å². The molecule has 5 saturated heterocycles. The van der Waals surface area contributed by atoms with Crippen molar-refractivity contribution in [3.63, 3.8) is 0 Å². The number of aromatic amines is 1. The van der Waals surface area contributed by atoms with E-state index in [9.17, 15) is 43.7 Å². The van der Waals surface area contributed by atoms with Crippen LogP contribution in [0.3, 0.4) is 0 Å². The molecule has 5 aliphatic heterocycles. The molecule has 0 atom stereocenters. The molecule has 65 heavy (non-hydrogen) atoms. The highest BCUT2D eigenvalue weighted by molar-refractivity contribution is 8.13. The van der Waals surface area contributed by atoms with Crippen LogP contribution >= 0.6 is 10.7 Å². The number of nitrogens with zero attached hydrogens (tertiary/aromatic N) is 7. The van der Waals surface area contributed by atoms with Crippen molar-refractivity contribution in [2.75, 3.05) is 78.1 Å². The predicted octanol–water partition coefficient (Wildman–Crippen LogP) is 2.63. The molecule has 26 heteroatoms. The van der Waals surface area contributed by atoms with E-state index in [0.717, 1.165) is 60.6 Å². The van der Waals surface area contributed by atoms with Crippen LogP contribution < -0.4 is 0 Å². The third kappa shape index (κ3) is 13.3. The Morgan fingerprint density at radius 3 is 1.55 bits per heavy atom. The summed E-state index contributed by atoms with van der Waals surface area (Å²) >= 11 is 0. The van der Waals surface area contributed by atoms with E-state index in [4.69, 9.17) is 4.74 Å². The Labute approximate surface area is 389 Å². The minimum absolute atomic E-state index is 0. The highest BCUT2D eigenvalue weighted by Crippen LogP contribution is 2.37. The maximum Gasteiger partial charge on any atom is 0.376 e. The van der Waals surface area contributed by atoms with Crippen LogP contribution in [0.15, 0.2) is 49.1 Å². The van der Waals surface area contributed by atoms with Gasteiger partial charge in [0, 0.05) is 112 Å². The lowest BCUT2D eigenvalue weighted by Crippen LogP contribution is -2.62. The van der Waals surface area contributed by atoms with Crippen molar-refractivity contribution < 1.29 is 48.5 Å². The largest absolute Gasteiger partial charge is 0.437 e. The van der Waals surface area contributed by atoms with Gasteiger partial charge in [0.1, 0.15) is 5.65 Å². The van der Waals surface area contributed by atoms with Gasteiger partial charge in [0.25, 0.3) is 0 Å². The Morgan fingerprint density at radius 2 is 1.14 bits per heavy atom. The van der Waals surface area contributed by atoms with Gasteiger partial charge in [0.15, 0.2) is 5.65 Å². The van der Waals surface area contributed by atoms with Crippen molar-refractivity contribution in [2.45, 2.75) is 81.9 Å². The highest BCUT2D eigenvalue weighted by atomic mass is 35.7. The Morgan fingerprint density at radius 1 is 0.708 bits per heavy atom. The molecule has 4 aromatic heterocycles. The normalized spacial score (nSPS) is 20.3. The predicted molar refractivity (Wildman–Crippen MR) is 257 cm³/mol. The molecule has 5 fully saturated rings. The zero-order valence-electron chi connectivity index (χ0n) is 36.6. The number of pyridine rings is 2. The van der Waals surface area contributed by atoms with Crippen molar-refractivity contribution >= 4 is 86.0 Å². The first-order valence-electron chi connectivity index (χ1n) is 21.4. The van der Waals surface area contributed by atoms with Crippen molar-refractivity contribution in [3.8, 4) is 0 Å². The summed E-state index contributed by atoms with van der Waals surface area (Å²) in [5, 5.41) is 20.1. The van der Waals surface area contributed by atoms with Gasteiger partial charge >= 0.3 is 14.1 Å². The van der Waals surface area contributed by atoms with E-state index in [1.165, 1.54) is 22.4 Å². The molecule has 0 saturated carbocycles. The standard InChI is InChI=1S/C17H25BN4O5S2.C16H23BN4O3S.C4H8O.CH3ClO2S.CH4/c1-18(23)20-10-14(11-20)29(26,27)21-8-5-13(6-9-21)16-12-22(28(2,24)25)17-15(16)4-3-7-19-17;1-17(22)20-10-13(11-20)25(23,24)21-7-4-12(5-8-21)15-9-19-16-14(15)3-2-6-18-16;1-2-4-5-3-1;1-5(2,3)4;/h3-4,7,12-14,23H,5-6,8-11H2,1-2H3;2-3,6,9,12-13,22H,4-5,7-8,10-11H2,1H3,(H,18,19);1-4H2;1H3;1H4. The maximum atomic E-state index is 12.9. The topological polar surface area (TPSA) is 246 Å². The van der Waals surface area contributed by atoms with E-state index < -0.39 is 58.5 Å². The summed E-state index contributed by atoms with van der Waals surface area (Å²) in [6.07, 6.45) is 14.5. The summed E-state index contributed by atoms with van der Waals surface area (Å²) in [4.78, 5) is 15.3. The number of hydrogen-bond acceptors (Lipinski definition) is 15. The quantitative estimate of drug-likeness (QED) is 0.161. The Bertz CT molecular complexity index is 2630. The third-order valence-corrected chi connectivity index (χ3v) is 17.8. The fourth-order valence-electron chi connectivity index (χ4n) is 8.65. The van der Waals surface area contributed by atoms with Gasteiger partial charge in [-0.1, -0.05) is 7.43 Å². The summed E-state index contributed by atoms with van der Waals surface area (Å²) in [5.74, 6) is 0.436. The van der Waals surface area contributed by atoms with E-state index in [-0.39, 0.29) is 18.6 Å². The second-order valence-corrected chi connectivity index (χ2v) is 26.3. The van der Waals surface area contributed by atoms with Crippen molar-refractivity contribution in [1.29, 1.82) is 0 Å². The number of rotatable bonds is 9. The molecule has 0 aliphatic carbocycles. The lowest BCUT2D eigenvalue weighted by atomic mass is 9.81. The smallest absolute Gasteiger partial charge is 0.376 e. The van der Waals surface area contributed by atoms with Crippen LogP contribution in [0.25, 0.3) is 22.1 Å². The molecular weight excluding hydrogens is 942 g/mol. The number of piperidine rings is 2. The van der Waals surface area contributed by atoms with Crippen LogP contribution in [0.1, 0.15) is 68.9 Å².